The summed E-state index contributed by atoms with van der Waals surface area (Å²) in [4.78, 5) is 0. The summed E-state index contributed by atoms with van der Waals surface area (Å²) in [5, 5.41) is 0. The van der Waals surface area contributed by atoms with E-state index in [1.165, 1.54) is 81.9 Å². The number of hydrogen-bond acceptors (Lipinski definition) is 1. The lowest BCUT2D eigenvalue weighted by Gasteiger charge is -2.29. The molecule has 0 amide bonds. The molecule has 188 valence electrons. The van der Waals surface area contributed by atoms with E-state index in [2.05, 4.69) is 19.1 Å². The Kier molecular flexibility index (Phi) is 10.3. The Balaban J connectivity index is 1.46. The highest BCUT2D eigenvalue weighted by Gasteiger charge is 2.26. The van der Waals surface area contributed by atoms with Crippen LogP contribution >= 0.6 is 0 Å². The van der Waals surface area contributed by atoms with Gasteiger partial charge in [0.15, 0.2) is 11.6 Å². The maximum atomic E-state index is 14.4. The largest absolute Gasteiger partial charge is 0.491 e. The molecule has 0 heterocycles. The predicted octanol–water partition coefficient (Wildman–Crippen LogP) is 9.85. The van der Waals surface area contributed by atoms with E-state index in [-0.39, 0.29) is 18.8 Å². The van der Waals surface area contributed by atoms with Crippen LogP contribution in [0.2, 0.25) is 0 Å². The molecule has 0 radical (unpaired) electrons. The molecule has 0 bridgehead atoms. The Bertz CT molecular complexity index is 851. The van der Waals surface area contributed by atoms with Crippen molar-refractivity contribution in [3.05, 3.63) is 53.8 Å². The fourth-order valence-corrected chi connectivity index (χ4v) is 5.02. The monoisotopic (exact) mass is 478 g/mol. The molecular weight excluding hydrogens is 440 g/mol. The quantitative estimate of drug-likeness (QED) is 0.218. The first-order valence-corrected chi connectivity index (χ1v) is 12.9. The Hall–Kier alpha value is -2.04. The lowest BCUT2D eigenvalue weighted by Crippen LogP contribution is -2.13. The predicted molar refractivity (Wildman–Crippen MR) is 131 cm³/mol. The molecule has 1 aliphatic rings. The van der Waals surface area contributed by atoms with Crippen molar-refractivity contribution in [2.24, 2.45) is 5.92 Å². The van der Waals surface area contributed by atoms with E-state index in [1.807, 2.05) is 12.1 Å². The number of alkyl halides is 3. The van der Waals surface area contributed by atoms with Gasteiger partial charge >= 0.3 is 6.18 Å². The van der Waals surface area contributed by atoms with Gasteiger partial charge in [-0.3, -0.25) is 0 Å². The topological polar surface area (TPSA) is 9.23 Å². The van der Waals surface area contributed by atoms with Crippen molar-refractivity contribution >= 4 is 0 Å². The Morgan fingerprint density at radius 2 is 1.50 bits per heavy atom. The summed E-state index contributed by atoms with van der Waals surface area (Å²) in [7, 11) is 0. The van der Waals surface area contributed by atoms with Crippen LogP contribution < -0.4 is 4.74 Å². The van der Waals surface area contributed by atoms with Gasteiger partial charge in [0, 0.05) is 6.42 Å². The number of rotatable bonds is 12. The average Bonchev–Trinajstić information content (AvgIpc) is 2.82. The van der Waals surface area contributed by atoms with Crippen molar-refractivity contribution in [2.45, 2.75) is 96.1 Å². The second kappa shape index (κ2) is 13.2. The Morgan fingerprint density at radius 3 is 2.15 bits per heavy atom. The molecule has 0 N–H and O–H groups in total. The lowest BCUT2D eigenvalue weighted by molar-refractivity contribution is -0.136. The van der Waals surface area contributed by atoms with Crippen molar-refractivity contribution in [3.8, 4) is 16.9 Å². The normalized spacial score (nSPS) is 18.7. The number of unbranched alkanes of at least 4 members (excludes halogenated alkanes) is 4. The van der Waals surface area contributed by atoms with E-state index in [4.69, 9.17) is 4.74 Å². The molecule has 0 spiro atoms. The van der Waals surface area contributed by atoms with Crippen LogP contribution in [0.1, 0.15) is 95.5 Å². The maximum absolute atomic E-state index is 14.4. The van der Waals surface area contributed by atoms with E-state index in [0.717, 1.165) is 17.0 Å². The first-order valence-electron chi connectivity index (χ1n) is 12.9. The zero-order valence-corrected chi connectivity index (χ0v) is 20.3. The molecule has 0 atom stereocenters. The molecule has 3 rings (SSSR count). The number of halogens is 4. The minimum Gasteiger partial charge on any atom is -0.491 e. The molecule has 1 fully saturated rings. The van der Waals surface area contributed by atoms with Crippen LogP contribution in [0, 0.1) is 11.7 Å². The van der Waals surface area contributed by atoms with Crippen molar-refractivity contribution in [2.75, 3.05) is 6.61 Å². The molecule has 0 unspecified atom stereocenters. The summed E-state index contributed by atoms with van der Waals surface area (Å²) in [6.07, 6.45) is 7.94. The summed E-state index contributed by atoms with van der Waals surface area (Å²) in [5.41, 5.74) is 3.01. The first-order chi connectivity index (χ1) is 16.4. The van der Waals surface area contributed by atoms with Gasteiger partial charge in [-0.25, -0.2) is 4.39 Å². The maximum Gasteiger partial charge on any atom is 0.389 e. The lowest BCUT2D eigenvalue weighted by atomic mass is 9.77. The van der Waals surface area contributed by atoms with Gasteiger partial charge < -0.3 is 4.74 Å². The van der Waals surface area contributed by atoms with Gasteiger partial charge in [-0.05, 0) is 72.8 Å². The van der Waals surface area contributed by atoms with Crippen LogP contribution in [0.15, 0.2) is 42.5 Å². The van der Waals surface area contributed by atoms with E-state index < -0.39 is 18.4 Å². The third-order valence-corrected chi connectivity index (χ3v) is 7.07. The standard InChI is InChI=1S/C29H38F4O/c1-2-3-4-5-6-8-22-9-11-23(12-10-22)24-13-15-25(16-14-24)26-17-18-28(27(30)21-26)34-20-7-19-29(31,32)33/h13-18,21-23H,2-12,19-20H2,1H3. The van der Waals surface area contributed by atoms with Crippen LogP contribution in [0.3, 0.4) is 0 Å². The van der Waals surface area contributed by atoms with E-state index in [0.29, 0.717) is 5.92 Å². The summed E-state index contributed by atoms with van der Waals surface area (Å²) in [6.45, 7) is 2.10. The van der Waals surface area contributed by atoms with Crippen LogP contribution in [-0.4, -0.2) is 12.8 Å². The van der Waals surface area contributed by atoms with Crippen LogP contribution in [0.25, 0.3) is 11.1 Å². The van der Waals surface area contributed by atoms with E-state index >= 15 is 0 Å². The molecule has 1 nitrogen and oxygen atoms in total. The van der Waals surface area contributed by atoms with Gasteiger partial charge in [0.25, 0.3) is 0 Å². The third-order valence-electron chi connectivity index (χ3n) is 7.07. The van der Waals surface area contributed by atoms with E-state index in [9.17, 15) is 17.6 Å². The molecule has 1 saturated carbocycles. The number of benzene rings is 2. The average molecular weight is 479 g/mol. The summed E-state index contributed by atoms with van der Waals surface area (Å²) < 4.78 is 56.2. The fourth-order valence-electron chi connectivity index (χ4n) is 5.02. The zero-order chi connectivity index (χ0) is 24.4. The minimum absolute atomic E-state index is 0.00957. The van der Waals surface area contributed by atoms with Gasteiger partial charge in [-0.15, -0.1) is 0 Å². The van der Waals surface area contributed by atoms with Crippen LogP contribution in [0.4, 0.5) is 17.6 Å². The SMILES string of the molecule is CCCCCCCC1CCC(c2ccc(-c3ccc(OCCCC(F)(F)F)c(F)c3)cc2)CC1. The van der Waals surface area contributed by atoms with Crippen LogP contribution in [-0.2, 0) is 0 Å². The highest BCUT2D eigenvalue weighted by molar-refractivity contribution is 5.64. The minimum atomic E-state index is -4.22. The third kappa shape index (κ3) is 8.63. The molecule has 0 aromatic heterocycles. The fraction of sp³-hybridized carbons (Fsp3) is 0.586. The first kappa shape index (κ1) is 26.6. The van der Waals surface area contributed by atoms with Gasteiger partial charge in [0.2, 0.25) is 0 Å². The highest BCUT2D eigenvalue weighted by atomic mass is 19.4. The van der Waals surface area contributed by atoms with Gasteiger partial charge in [-0.1, -0.05) is 75.8 Å². The molecule has 0 saturated heterocycles. The van der Waals surface area contributed by atoms with Crippen molar-refractivity contribution < 1.29 is 22.3 Å². The Labute approximate surface area is 201 Å². The zero-order valence-electron chi connectivity index (χ0n) is 20.3. The molecule has 2 aromatic carbocycles. The summed E-state index contributed by atoms with van der Waals surface area (Å²) >= 11 is 0. The molecule has 5 heteroatoms. The van der Waals surface area contributed by atoms with Crippen molar-refractivity contribution in [3.63, 3.8) is 0 Å². The molecule has 0 aliphatic heterocycles. The smallest absolute Gasteiger partial charge is 0.389 e. The molecule has 34 heavy (non-hydrogen) atoms. The highest BCUT2D eigenvalue weighted by Crippen LogP contribution is 2.38. The number of ether oxygens (including phenoxy) is 1. The molecule has 2 aromatic rings. The second-order valence-electron chi connectivity index (χ2n) is 9.75. The van der Waals surface area contributed by atoms with Crippen molar-refractivity contribution in [1.29, 1.82) is 0 Å². The second-order valence-corrected chi connectivity index (χ2v) is 9.75. The summed E-state index contributed by atoms with van der Waals surface area (Å²) in [6, 6.07) is 13.0. The molecule has 1 aliphatic carbocycles. The van der Waals surface area contributed by atoms with Crippen molar-refractivity contribution in [1.82, 2.24) is 0 Å². The van der Waals surface area contributed by atoms with Gasteiger partial charge in [-0.2, -0.15) is 13.2 Å². The van der Waals surface area contributed by atoms with Crippen LogP contribution in [0.5, 0.6) is 5.75 Å². The molecular formula is C29H38F4O. The number of hydrogen-bond donors (Lipinski definition) is 0. The van der Waals surface area contributed by atoms with Gasteiger partial charge in [0.05, 0.1) is 6.61 Å². The Morgan fingerprint density at radius 1 is 0.824 bits per heavy atom. The van der Waals surface area contributed by atoms with Gasteiger partial charge in [0.1, 0.15) is 0 Å². The summed E-state index contributed by atoms with van der Waals surface area (Å²) in [5.74, 6) is 0.926. The van der Waals surface area contributed by atoms with E-state index in [1.54, 1.807) is 6.07 Å².